The molecule has 0 unspecified atom stereocenters. The molecule has 1 amide bonds. The molecule has 1 saturated heterocycles. The van der Waals surface area contributed by atoms with Crippen LogP contribution in [-0.2, 0) is 12.8 Å². The first-order valence-electron chi connectivity index (χ1n) is 7.82. The molecule has 0 radical (unpaired) electrons. The van der Waals surface area contributed by atoms with Gasteiger partial charge < -0.3 is 10.2 Å². The van der Waals surface area contributed by atoms with Crippen LogP contribution in [0, 0.1) is 5.92 Å². The summed E-state index contributed by atoms with van der Waals surface area (Å²) >= 11 is 1.80. The number of thiophene rings is 1. The highest BCUT2D eigenvalue weighted by molar-refractivity contribution is 7.10. The predicted octanol–water partition coefficient (Wildman–Crippen LogP) is 2.70. The van der Waals surface area contributed by atoms with Crippen LogP contribution in [0.5, 0.6) is 0 Å². The Morgan fingerprint density at radius 1 is 1.35 bits per heavy atom. The number of hydrogen-bond acceptors (Lipinski definition) is 3. The van der Waals surface area contributed by atoms with Crippen molar-refractivity contribution in [3.8, 4) is 0 Å². The molecule has 20 heavy (non-hydrogen) atoms. The number of likely N-dealkylation sites (tertiary alicyclic amines) is 1. The summed E-state index contributed by atoms with van der Waals surface area (Å²) < 4.78 is 0. The van der Waals surface area contributed by atoms with Gasteiger partial charge in [0.2, 0.25) is 0 Å². The Balaban J connectivity index is 1.66. The molecule has 1 fully saturated rings. The van der Waals surface area contributed by atoms with Crippen molar-refractivity contribution in [3.63, 3.8) is 0 Å². The average Bonchev–Trinajstić information content (AvgIpc) is 2.92. The highest BCUT2D eigenvalue weighted by Crippen LogP contribution is 2.31. The molecule has 3 rings (SSSR count). The van der Waals surface area contributed by atoms with E-state index in [2.05, 4.69) is 15.6 Å². The van der Waals surface area contributed by atoms with E-state index in [4.69, 9.17) is 0 Å². The van der Waals surface area contributed by atoms with Crippen molar-refractivity contribution >= 4 is 17.2 Å². The maximum absolute atomic E-state index is 12.7. The first-order chi connectivity index (χ1) is 9.79. The minimum Gasteiger partial charge on any atom is -0.339 e. The number of hydrogen-bond donors (Lipinski definition) is 1. The van der Waals surface area contributed by atoms with Gasteiger partial charge in [0.05, 0.1) is 5.56 Å². The Labute approximate surface area is 125 Å². The van der Waals surface area contributed by atoms with E-state index < -0.39 is 0 Å². The van der Waals surface area contributed by atoms with Crippen LogP contribution in [0.25, 0.3) is 0 Å². The summed E-state index contributed by atoms with van der Waals surface area (Å²) in [5.74, 6) is 1.02. The van der Waals surface area contributed by atoms with Gasteiger partial charge >= 0.3 is 0 Å². The summed E-state index contributed by atoms with van der Waals surface area (Å²) in [5, 5.41) is 5.36. The minimum absolute atomic E-state index is 0.285. The minimum atomic E-state index is 0.285. The maximum atomic E-state index is 12.7. The monoisotopic (exact) mass is 292 g/mol. The van der Waals surface area contributed by atoms with Crippen LogP contribution in [0.2, 0.25) is 0 Å². The summed E-state index contributed by atoms with van der Waals surface area (Å²) in [6.45, 7) is 2.93. The quantitative estimate of drug-likeness (QED) is 0.929. The van der Waals surface area contributed by atoms with Gasteiger partial charge in [-0.05, 0) is 63.6 Å². The second-order valence-corrected chi connectivity index (χ2v) is 7.02. The van der Waals surface area contributed by atoms with Crippen LogP contribution in [0.3, 0.4) is 0 Å². The molecule has 3 nitrogen and oxygen atoms in total. The fourth-order valence-corrected chi connectivity index (χ4v) is 4.59. The van der Waals surface area contributed by atoms with Gasteiger partial charge in [-0.3, -0.25) is 4.79 Å². The van der Waals surface area contributed by atoms with E-state index in [9.17, 15) is 4.79 Å². The van der Waals surface area contributed by atoms with Gasteiger partial charge in [-0.15, -0.1) is 11.3 Å². The van der Waals surface area contributed by atoms with Crippen molar-refractivity contribution in [2.24, 2.45) is 5.92 Å². The lowest BCUT2D eigenvalue weighted by molar-refractivity contribution is 0.0690. The molecule has 2 heterocycles. The van der Waals surface area contributed by atoms with Crippen LogP contribution in [0.15, 0.2) is 5.38 Å². The first kappa shape index (κ1) is 14.1. The van der Waals surface area contributed by atoms with Gasteiger partial charge in [0.25, 0.3) is 5.91 Å². The number of amides is 1. The highest BCUT2D eigenvalue weighted by atomic mass is 32.1. The lowest BCUT2D eigenvalue weighted by atomic mass is 9.93. The van der Waals surface area contributed by atoms with Gasteiger partial charge in [0.1, 0.15) is 0 Å². The summed E-state index contributed by atoms with van der Waals surface area (Å²) in [5.41, 5.74) is 2.38. The third-order valence-electron chi connectivity index (χ3n) is 4.69. The van der Waals surface area contributed by atoms with Gasteiger partial charge in [-0.2, -0.15) is 0 Å². The maximum Gasteiger partial charge on any atom is 0.254 e. The Hall–Kier alpha value is -0.870. The predicted molar refractivity (Wildman–Crippen MR) is 83.5 cm³/mol. The molecular formula is C16H24N2OS. The number of piperidine rings is 1. The van der Waals surface area contributed by atoms with Crippen LogP contribution in [-0.4, -0.2) is 37.5 Å². The number of carbonyl (C=O) groups is 1. The lowest BCUT2D eigenvalue weighted by Gasteiger charge is -2.32. The van der Waals surface area contributed by atoms with E-state index in [0.29, 0.717) is 0 Å². The molecule has 0 spiro atoms. The number of fused-ring (bicyclic) bond motifs is 1. The number of nitrogens with zero attached hydrogens (tertiary/aromatic N) is 1. The summed E-state index contributed by atoms with van der Waals surface area (Å²) in [7, 11) is 2.01. The van der Waals surface area contributed by atoms with Crippen LogP contribution >= 0.6 is 11.3 Å². The summed E-state index contributed by atoms with van der Waals surface area (Å²) in [6.07, 6.45) is 7.09. The molecule has 1 N–H and O–H groups in total. The highest BCUT2D eigenvalue weighted by Gasteiger charge is 2.27. The molecule has 4 heteroatoms. The molecule has 1 aliphatic carbocycles. The fourth-order valence-electron chi connectivity index (χ4n) is 3.47. The van der Waals surface area contributed by atoms with E-state index in [1.807, 2.05) is 7.05 Å². The van der Waals surface area contributed by atoms with Crippen molar-refractivity contribution < 1.29 is 4.79 Å². The van der Waals surface area contributed by atoms with Crippen molar-refractivity contribution in [1.82, 2.24) is 10.2 Å². The van der Waals surface area contributed by atoms with Crippen molar-refractivity contribution in [1.29, 1.82) is 0 Å². The largest absolute Gasteiger partial charge is 0.339 e. The van der Waals surface area contributed by atoms with E-state index in [1.165, 1.54) is 29.7 Å². The van der Waals surface area contributed by atoms with E-state index in [-0.39, 0.29) is 5.91 Å². The summed E-state index contributed by atoms with van der Waals surface area (Å²) in [4.78, 5) is 16.2. The fraction of sp³-hybridized carbons (Fsp3) is 0.688. The molecule has 1 aliphatic heterocycles. The molecule has 0 atom stereocenters. The molecule has 0 bridgehead atoms. The Morgan fingerprint density at radius 3 is 2.85 bits per heavy atom. The van der Waals surface area contributed by atoms with Gasteiger partial charge in [0.15, 0.2) is 0 Å². The molecule has 110 valence electrons. The molecular weight excluding hydrogens is 268 g/mol. The van der Waals surface area contributed by atoms with Crippen LogP contribution in [0.4, 0.5) is 0 Å². The molecule has 2 aliphatic rings. The number of nitrogens with one attached hydrogen (secondary N) is 1. The summed E-state index contributed by atoms with van der Waals surface area (Å²) in [6, 6.07) is 0. The standard InChI is InChI=1S/C16H24N2OS/c1-17-10-12-6-8-18(9-7-12)16(19)14-11-20-15-5-3-2-4-13(14)15/h11-12,17H,2-10H2,1H3. The molecule has 1 aromatic heterocycles. The number of aryl methyl sites for hydroxylation is 1. The molecule has 1 aromatic rings. The zero-order chi connectivity index (χ0) is 13.9. The molecule has 0 saturated carbocycles. The van der Waals surface area contributed by atoms with E-state index >= 15 is 0 Å². The number of carbonyl (C=O) groups excluding carboxylic acids is 1. The van der Waals surface area contributed by atoms with E-state index in [1.54, 1.807) is 11.3 Å². The third-order valence-corrected chi connectivity index (χ3v) is 5.77. The normalized spacial score (nSPS) is 19.9. The Bertz CT molecular complexity index is 475. The molecule has 0 aromatic carbocycles. The number of rotatable bonds is 3. The second-order valence-electron chi connectivity index (χ2n) is 6.05. The second kappa shape index (κ2) is 6.27. The lowest BCUT2D eigenvalue weighted by Crippen LogP contribution is -2.40. The van der Waals surface area contributed by atoms with Gasteiger partial charge in [-0.25, -0.2) is 0 Å². The third kappa shape index (κ3) is 2.77. The topological polar surface area (TPSA) is 32.3 Å². The zero-order valence-corrected chi connectivity index (χ0v) is 13.1. The first-order valence-corrected chi connectivity index (χ1v) is 8.70. The zero-order valence-electron chi connectivity index (χ0n) is 12.3. The van der Waals surface area contributed by atoms with Crippen molar-refractivity contribution in [3.05, 3.63) is 21.4 Å². The van der Waals surface area contributed by atoms with Crippen LogP contribution < -0.4 is 5.32 Å². The van der Waals surface area contributed by atoms with Crippen LogP contribution in [0.1, 0.15) is 46.5 Å². The smallest absolute Gasteiger partial charge is 0.254 e. The van der Waals surface area contributed by atoms with Crippen molar-refractivity contribution in [2.75, 3.05) is 26.7 Å². The van der Waals surface area contributed by atoms with Gasteiger partial charge in [0, 0.05) is 23.3 Å². The Morgan fingerprint density at radius 2 is 2.10 bits per heavy atom. The Kier molecular flexibility index (Phi) is 4.41. The van der Waals surface area contributed by atoms with Gasteiger partial charge in [-0.1, -0.05) is 0 Å². The van der Waals surface area contributed by atoms with Crippen molar-refractivity contribution in [2.45, 2.75) is 38.5 Å². The van der Waals surface area contributed by atoms with E-state index in [0.717, 1.165) is 50.4 Å². The average molecular weight is 292 g/mol. The SMILES string of the molecule is CNCC1CCN(C(=O)c2csc3c2CCCC3)CC1.